The molecule has 1 amide bonds. The molecule has 4 heterocycles. The fraction of sp³-hybridized carbons (Fsp3) is 0.357. The lowest BCUT2D eigenvalue weighted by Gasteiger charge is -2.41. The first-order chi connectivity index (χ1) is 18.9. The van der Waals surface area contributed by atoms with Crippen molar-refractivity contribution in [3.05, 3.63) is 70.5 Å². The Morgan fingerprint density at radius 2 is 1.85 bits per heavy atom. The number of hydrogen-bond donors (Lipinski definition) is 2. The Kier molecular flexibility index (Phi) is 6.43. The number of piperidine rings is 1. The van der Waals surface area contributed by atoms with Crippen molar-refractivity contribution >= 4 is 34.5 Å². The Hall–Kier alpha value is -4.38. The maximum absolute atomic E-state index is 13.3. The minimum absolute atomic E-state index is 0.0791. The first-order valence-electron chi connectivity index (χ1n) is 13.0. The lowest BCUT2D eigenvalue weighted by atomic mass is 9.90. The standard InChI is InChI=1S/C28H30N8O3/c1-16-8-17(2)10-20(9-16)30-28-29-12-19-13-36(15-24(19)31-28)25-6-7-35(14-21(25)27(38)39-3)26(37)18-4-5-22-23(11-18)33-34-32-22/h4-5,8-12,21,25H,6-7,13-15H2,1-3H3,(H,29,30,31)(H,32,33,34)/t21-,25+/m0/s1. The Bertz CT molecular complexity index is 1550. The summed E-state index contributed by atoms with van der Waals surface area (Å²) >= 11 is 0. The van der Waals surface area contributed by atoms with E-state index in [1.54, 1.807) is 23.1 Å². The van der Waals surface area contributed by atoms with Crippen LogP contribution in [0.2, 0.25) is 0 Å². The van der Waals surface area contributed by atoms with Gasteiger partial charge in [-0.2, -0.15) is 15.4 Å². The van der Waals surface area contributed by atoms with Gasteiger partial charge in [0.05, 0.1) is 18.7 Å². The van der Waals surface area contributed by atoms with Gasteiger partial charge < -0.3 is 15.0 Å². The fourth-order valence-corrected chi connectivity index (χ4v) is 5.75. The van der Waals surface area contributed by atoms with Gasteiger partial charge in [0.15, 0.2) is 0 Å². The van der Waals surface area contributed by atoms with E-state index in [4.69, 9.17) is 9.72 Å². The van der Waals surface area contributed by atoms with Crippen LogP contribution in [0, 0.1) is 19.8 Å². The molecule has 2 N–H and O–H groups in total. The Morgan fingerprint density at radius 1 is 1.05 bits per heavy atom. The third kappa shape index (κ3) is 4.92. The van der Waals surface area contributed by atoms with Gasteiger partial charge in [0.25, 0.3) is 5.91 Å². The van der Waals surface area contributed by atoms with Crippen molar-refractivity contribution in [1.29, 1.82) is 0 Å². The number of fused-ring (bicyclic) bond motifs is 2. The van der Waals surface area contributed by atoms with Crippen molar-refractivity contribution in [2.45, 2.75) is 39.4 Å². The first-order valence-corrected chi connectivity index (χ1v) is 13.0. The van der Waals surface area contributed by atoms with E-state index in [2.05, 4.69) is 62.7 Å². The second kappa shape index (κ2) is 10.1. The lowest BCUT2D eigenvalue weighted by molar-refractivity contribution is -0.150. The van der Waals surface area contributed by atoms with Gasteiger partial charge >= 0.3 is 5.97 Å². The molecule has 0 unspecified atom stereocenters. The number of ether oxygens (including phenoxy) is 1. The number of esters is 1. The highest BCUT2D eigenvalue weighted by molar-refractivity contribution is 5.97. The Morgan fingerprint density at radius 3 is 2.64 bits per heavy atom. The van der Waals surface area contributed by atoms with E-state index in [1.807, 2.05) is 6.20 Å². The van der Waals surface area contributed by atoms with Crippen LogP contribution in [0.5, 0.6) is 0 Å². The quantitative estimate of drug-likeness (QED) is 0.377. The van der Waals surface area contributed by atoms with Crippen LogP contribution < -0.4 is 5.32 Å². The molecule has 2 aromatic heterocycles. The molecule has 0 saturated carbocycles. The zero-order chi connectivity index (χ0) is 27.1. The minimum atomic E-state index is -0.474. The third-order valence-electron chi connectivity index (χ3n) is 7.56. The summed E-state index contributed by atoms with van der Waals surface area (Å²) in [4.78, 5) is 39.6. The van der Waals surface area contributed by atoms with Gasteiger partial charge in [0, 0.05) is 55.2 Å². The Labute approximate surface area is 225 Å². The van der Waals surface area contributed by atoms with Gasteiger partial charge in [0.1, 0.15) is 11.0 Å². The van der Waals surface area contributed by atoms with Crippen molar-refractivity contribution in [3.63, 3.8) is 0 Å². The highest BCUT2D eigenvalue weighted by atomic mass is 16.5. The number of carbonyl (C=O) groups is 2. The molecular formula is C28H30N8O3. The number of aryl methyl sites for hydroxylation is 2. The van der Waals surface area contributed by atoms with Gasteiger partial charge in [-0.3, -0.25) is 14.5 Å². The molecule has 0 bridgehead atoms. The van der Waals surface area contributed by atoms with Crippen molar-refractivity contribution in [3.8, 4) is 0 Å². The molecule has 6 rings (SSSR count). The zero-order valence-electron chi connectivity index (χ0n) is 22.1. The van der Waals surface area contributed by atoms with Crippen LogP contribution in [0.3, 0.4) is 0 Å². The fourth-order valence-electron chi connectivity index (χ4n) is 5.75. The molecule has 1 fully saturated rings. The molecule has 1 saturated heterocycles. The number of benzene rings is 2. The predicted octanol–water partition coefficient (Wildman–Crippen LogP) is 3.13. The second-order valence-electron chi connectivity index (χ2n) is 10.3. The van der Waals surface area contributed by atoms with E-state index in [0.717, 1.165) is 16.9 Å². The van der Waals surface area contributed by atoms with Crippen LogP contribution in [0.25, 0.3) is 11.0 Å². The number of anilines is 2. The van der Waals surface area contributed by atoms with Crippen LogP contribution in [0.1, 0.15) is 39.2 Å². The summed E-state index contributed by atoms with van der Waals surface area (Å²) in [6.45, 7) is 6.19. The van der Waals surface area contributed by atoms with Crippen LogP contribution >= 0.6 is 0 Å². The number of hydrogen-bond acceptors (Lipinski definition) is 9. The van der Waals surface area contributed by atoms with E-state index < -0.39 is 5.92 Å². The summed E-state index contributed by atoms with van der Waals surface area (Å²) in [5.74, 6) is -0.373. The maximum atomic E-state index is 13.3. The van der Waals surface area contributed by atoms with Crippen molar-refractivity contribution in [2.24, 2.45) is 5.92 Å². The van der Waals surface area contributed by atoms with E-state index in [0.29, 0.717) is 48.6 Å². The Balaban J connectivity index is 1.17. The highest BCUT2D eigenvalue weighted by Gasteiger charge is 2.42. The number of nitrogens with one attached hydrogen (secondary N) is 2. The van der Waals surface area contributed by atoms with Crippen LogP contribution in [0.15, 0.2) is 42.6 Å². The van der Waals surface area contributed by atoms with Gasteiger partial charge in [-0.1, -0.05) is 6.07 Å². The smallest absolute Gasteiger partial charge is 0.312 e. The van der Waals surface area contributed by atoms with Crippen LogP contribution in [0.4, 0.5) is 11.6 Å². The second-order valence-corrected chi connectivity index (χ2v) is 10.3. The molecular weight excluding hydrogens is 496 g/mol. The summed E-state index contributed by atoms with van der Waals surface area (Å²) < 4.78 is 5.18. The van der Waals surface area contributed by atoms with E-state index in [1.165, 1.54) is 18.2 Å². The number of rotatable bonds is 5. The van der Waals surface area contributed by atoms with Crippen molar-refractivity contribution in [1.82, 2.24) is 35.2 Å². The average molecular weight is 527 g/mol. The molecule has 2 aromatic carbocycles. The molecule has 200 valence electrons. The number of aromatic nitrogens is 5. The first kappa shape index (κ1) is 24.9. The largest absolute Gasteiger partial charge is 0.469 e. The number of aromatic amines is 1. The zero-order valence-corrected chi connectivity index (χ0v) is 22.1. The number of methoxy groups -OCH3 is 1. The molecule has 0 aliphatic carbocycles. The number of nitrogens with zero attached hydrogens (tertiary/aromatic N) is 6. The van der Waals surface area contributed by atoms with Gasteiger partial charge in [0.2, 0.25) is 5.95 Å². The highest BCUT2D eigenvalue weighted by Crippen LogP contribution is 2.32. The van der Waals surface area contributed by atoms with Crippen LogP contribution in [-0.2, 0) is 22.6 Å². The number of carbonyl (C=O) groups excluding carboxylic acids is 2. The number of likely N-dealkylation sites (tertiary alicyclic amines) is 1. The van der Waals surface area contributed by atoms with Gasteiger partial charge in [-0.25, -0.2) is 9.97 Å². The minimum Gasteiger partial charge on any atom is -0.469 e. The summed E-state index contributed by atoms with van der Waals surface area (Å²) in [6.07, 6.45) is 2.51. The number of H-pyrrole nitrogens is 1. The molecule has 0 radical (unpaired) electrons. The SMILES string of the molecule is COC(=O)[C@H]1CN(C(=O)c2ccc3n[nH]nc3c2)CC[C@H]1N1Cc2cnc(Nc3cc(C)cc(C)c3)nc2C1. The van der Waals surface area contributed by atoms with Crippen molar-refractivity contribution in [2.75, 3.05) is 25.5 Å². The lowest BCUT2D eigenvalue weighted by Crippen LogP contribution is -2.54. The monoisotopic (exact) mass is 526 g/mol. The maximum Gasteiger partial charge on any atom is 0.312 e. The van der Waals surface area contributed by atoms with E-state index in [-0.39, 0.29) is 24.5 Å². The summed E-state index contributed by atoms with van der Waals surface area (Å²) in [6, 6.07) is 11.4. The predicted molar refractivity (Wildman–Crippen MR) is 144 cm³/mol. The van der Waals surface area contributed by atoms with Crippen molar-refractivity contribution < 1.29 is 14.3 Å². The summed E-state index contributed by atoms with van der Waals surface area (Å²) in [5.41, 5.74) is 7.12. The molecule has 2 aliphatic rings. The topological polar surface area (TPSA) is 129 Å². The third-order valence-corrected chi connectivity index (χ3v) is 7.56. The molecule has 0 spiro atoms. The molecule has 4 aromatic rings. The van der Waals surface area contributed by atoms with Gasteiger partial charge in [-0.05, 0) is 61.7 Å². The van der Waals surface area contributed by atoms with E-state index >= 15 is 0 Å². The molecule has 2 atom stereocenters. The summed E-state index contributed by atoms with van der Waals surface area (Å²) in [7, 11) is 1.40. The molecule has 11 heteroatoms. The van der Waals surface area contributed by atoms with Gasteiger partial charge in [-0.15, -0.1) is 0 Å². The number of amides is 1. The molecule has 39 heavy (non-hydrogen) atoms. The van der Waals surface area contributed by atoms with E-state index in [9.17, 15) is 9.59 Å². The summed E-state index contributed by atoms with van der Waals surface area (Å²) in [5, 5.41) is 14.0. The van der Waals surface area contributed by atoms with Crippen LogP contribution in [-0.4, -0.2) is 73.3 Å². The molecule has 2 aliphatic heterocycles. The molecule has 11 nitrogen and oxygen atoms in total. The normalized spacial score (nSPS) is 19.2. The average Bonchev–Trinajstić information content (AvgIpc) is 3.57.